The number of para-hydroxylation sites is 1. The molecule has 0 saturated heterocycles. The lowest BCUT2D eigenvalue weighted by atomic mass is 10.0. The first-order chi connectivity index (χ1) is 15.5. The number of methoxy groups -OCH3 is 1. The van der Waals surface area contributed by atoms with Crippen LogP contribution in [0.3, 0.4) is 0 Å². The number of esters is 1. The van der Waals surface area contributed by atoms with E-state index in [1.165, 1.54) is 0 Å². The van der Waals surface area contributed by atoms with Gasteiger partial charge in [0.05, 0.1) is 25.0 Å². The minimum Gasteiger partial charge on any atom is -0.496 e. The van der Waals surface area contributed by atoms with Crippen LogP contribution in [-0.4, -0.2) is 47.2 Å². The van der Waals surface area contributed by atoms with E-state index in [0.717, 1.165) is 5.56 Å². The number of hydrogen-bond donors (Lipinski definition) is 1. The fourth-order valence-electron chi connectivity index (χ4n) is 3.09. The zero-order valence-electron chi connectivity index (χ0n) is 17.9. The van der Waals surface area contributed by atoms with Crippen LogP contribution in [0.25, 0.3) is 11.4 Å². The molecule has 1 atom stereocenters. The molecule has 3 rings (SSSR count). The maximum atomic E-state index is 11.8. The zero-order valence-corrected chi connectivity index (χ0v) is 17.9. The van der Waals surface area contributed by atoms with Crippen LogP contribution in [0, 0.1) is 0 Å². The second-order valence-corrected chi connectivity index (χ2v) is 6.82. The van der Waals surface area contributed by atoms with E-state index in [9.17, 15) is 14.7 Å². The lowest BCUT2D eigenvalue weighted by Crippen LogP contribution is -2.25. The predicted octanol–water partition coefficient (Wildman–Crippen LogP) is 3.01. The Balaban J connectivity index is 1.79. The molecule has 8 nitrogen and oxygen atoms in total. The van der Waals surface area contributed by atoms with Crippen molar-refractivity contribution in [3.05, 3.63) is 71.5 Å². The number of aldehydes is 1. The van der Waals surface area contributed by atoms with Crippen molar-refractivity contribution < 1.29 is 28.9 Å². The van der Waals surface area contributed by atoms with Crippen LogP contribution in [0.4, 0.5) is 0 Å². The van der Waals surface area contributed by atoms with Gasteiger partial charge in [-0.25, -0.2) is 14.8 Å². The highest BCUT2D eigenvalue weighted by molar-refractivity contribution is 5.77. The average molecular weight is 436 g/mol. The molecule has 1 heterocycles. The van der Waals surface area contributed by atoms with Crippen molar-refractivity contribution >= 4 is 12.3 Å². The van der Waals surface area contributed by atoms with E-state index in [4.69, 9.17) is 14.2 Å². The van der Waals surface area contributed by atoms with Gasteiger partial charge in [0.25, 0.3) is 0 Å². The summed E-state index contributed by atoms with van der Waals surface area (Å²) in [5, 5.41) is 10.1. The molecule has 0 radical (unpaired) electrons. The number of ether oxygens (including phenoxy) is 3. The van der Waals surface area contributed by atoms with Gasteiger partial charge in [0.15, 0.2) is 11.9 Å². The molecule has 0 unspecified atom stereocenters. The lowest BCUT2D eigenvalue weighted by Gasteiger charge is -2.15. The summed E-state index contributed by atoms with van der Waals surface area (Å²) in [6, 6.07) is 14.0. The van der Waals surface area contributed by atoms with Crippen molar-refractivity contribution in [3.63, 3.8) is 0 Å². The molecule has 3 aromatic rings. The van der Waals surface area contributed by atoms with Crippen LogP contribution < -0.4 is 9.47 Å². The molecule has 0 spiro atoms. The minimum absolute atomic E-state index is 0.0495. The number of benzene rings is 2. The molecule has 0 amide bonds. The maximum absolute atomic E-state index is 11.8. The lowest BCUT2D eigenvalue weighted by molar-refractivity contribution is -0.152. The fraction of sp³-hybridized carbons (Fsp3) is 0.250. The number of aliphatic hydroxyl groups is 1. The monoisotopic (exact) mass is 436 g/mol. The fourth-order valence-corrected chi connectivity index (χ4v) is 3.09. The molecule has 0 fully saturated rings. The van der Waals surface area contributed by atoms with Gasteiger partial charge in [-0.15, -0.1) is 0 Å². The second-order valence-electron chi connectivity index (χ2n) is 6.82. The second kappa shape index (κ2) is 11.0. The SMILES string of the molecule is CCOC(=O)[C@H](O)Cc1cc(C=O)ccc1OCc1ccnc(-c2ccccc2OC)n1. The molecule has 0 bridgehead atoms. The Hall–Kier alpha value is -3.78. The van der Waals surface area contributed by atoms with Crippen LogP contribution in [0.1, 0.15) is 28.5 Å². The van der Waals surface area contributed by atoms with Gasteiger partial charge < -0.3 is 19.3 Å². The van der Waals surface area contributed by atoms with Crippen molar-refractivity contribution in [1.29, 1.82) is 0 Å². The molecule has 1 N–H and O–H groups in total. The highest BCUT2D eigenvalue weighted by atomic mass is 16.5. The van der Waals surface area contributed by atoms with E-state index in [1.54, 1.807) is 44.5 Å². The largest absolute Gasteiger partial charge is 0.496 e. The average Bonchev–Trinajstić information content (AvgIpc) is 2.83. The first-order valence-electron chi connectivity index (χ1n) is 10.1. The Kier molecular flexibility index (Phi) is 7.88. The standard InChI is InChI=1S/C24H24N2O6/c1-3-31-24(29)20(28)13-17-12-16(14-27)8-9-21(17)32-15-18-10-11-25-23(26-18)19-6-4-5-7-22(19)30-2/h4-12,14,20,28H,3,13,15H2,1-2H3/t20-/m1/s1. The summed E-state index contributed by atoms with van der Waals surface area (Å²) in [4.78, 5) is 31.8. The van der Waals surface area contributed by atoms with Gasteiger partial charge in [-0.2, -0.15) is 0 Å². The van der Waals surface area contributed by atoms with Crippen molar-refractivity contribution in [2.45, 2.75) is 26.1 Å². The number of carbonyl (C=O) groups is 2. The summed E-state index contributed by atoms with van der Waals surface area (Å²) in [5.74, 6) is 0.853. The third-order valence-corrected chi connectivity index (χ3v) is 4.63. The van der Waals surface area contributed by atoms with Gasteiger partial charge in [-0.3, -0.25) is 4.79 Å². The third-order valence-electron chi connectivity index (χ3n) is 4.63. The number of rotatable bonds is 10. The molecule has 0 aliphatic heterocycles. The van der Waals surface area contributed by atoms with Gasteiger partial charge in [-0.1, -0.05) is 12.1 Å². The zero-order chi connectivity index (χ0) is 22.9. The molecule has 166 valence electrons. The van der Waals surface area contributed by atoms with Gasteiger partial charge in [0.1, 0.15) is 24.4 Å². The molecule has 1 aromatic heterocycles. The summed E-state index contributed by atoms with van der Waals surface area (Å²) in [5.41, 5.74) is 2.29. The first kappa shape index (κ1) is 22.9. The Morgan fingerprint density at radius 2 is 1.97 bits per heavy atom. The van der Waals surface area contributed by atoms with Crippen LogP contribution in [-0.2, 0) is 22.6 Å². The molecule has 0 aliphatic rings. The maximum Gasteiger partial charge on any atom is 0.335 e. The normalized spacial score (nSPS) is 11.5. The number of hydrogen-bond acceptors (Lipinski definition) is 8. The predicted molar refractivity (Wildman–Crippen MR) is 117 cm³/mol. The van der Waals surface area contributed by atoms with Crippen molar-refractivity contribution in [1.82, 2.24) is 9.97 Å². The number of aromatic nitrogens is 2. The van der Waals surface area contributed by atoms with Crippen molar-refractivity contribution in [2.24, 2.45) is 0 Å². The highest BCUT2D eigenvalue weighted by Gasteiger charge is 2.19. The number of nitrogens with zero attached hydrogens (tertiary/aromatic N) is 2. The van der Waals surface area contributed by atoms with Gasteiger partial charge >= 0.3 is 5.97 Å². The number of carbonyl (C=O) groups excluding carboxylic acids is 2. The smallest absolute Gasteiger partial charge is 0.335 e. The van der Waals surface area contributed by atoms with Gasteiger partial charge in [-0.05, 0) is 48.9 Å². The van der Waals surface area contributed by atoms with Crippen molar-refractivity contribution in [2.75, 3.05) is 13.7 Å². The summed E-state index contributed by atoms with van der Waals surface area (Å²) in [6.07, 6.45) is 0.907. The van der Waals surface area contributed by atoms with Crippen LogP contribution in [0.2, 0.25) is 0 Å². The third kappa shape index (κ3) is 5.67. The Morgan fingerprint density at radius 3 is 2.72 bits per heavy atom. The molecular formula is C24H24N2O6. The first-order valence-corrected chi connectivity index (χ1v) is 10.1. The van der Waals surface area contributed by atoms with Crippen molar-refractivity contribution in [3.8, 4) is 22.9 Å². The Morgan fingerprint density at radius 1 is 1.16 bits per heavy atom. The summed E-state index contributed by atoms with van der Waals surface area (Å²) in [7, 11) is 1.58. The van der Waals surface area contributed by atoms with Crippen LogP contribution in [0.5, 0.6) is 11.5 Å². The van der Waals surface area contributed by atoms with E-state index in [1.807, 2.05) is 24.3 Å². The van der Waals surface area contributed by atoms with E-state index in [2.05, 4.69) is 9.97 Å². The molecule has 2 aromatic carbocycles. The Labute approximate surface area is 185 Å². The minimum atomic E-state index is -1.37. The van der Waals surface area contributed by atoms with Gasteiger partial charge in [0, 0.05) is 18.2 Å². The number of aliphatic hydroxyl groups excluding tert-OH is 1. The quantitative estimate of drug-likeness (QED) is 0.382. The van der Waals surface area contributed by atoms with E-state index in [-0.39, 0.29) is 19.6 Å². The summed E-state index contributed by atoms with van der Waals surface area (Å²) >= 11 is 0. The molecule has 0 saturated carbocycles. The van der Waals surface area contributed by atoms with E-state index in [0.29, 0.717) is 40.4 Å². The van der Waals surface area contributed by atoms with E-state index >= 15 is 0 Å². The highest BCUT2D eigenvalue weighted by Crippen LogP contribution is 2.27. The molecule has 32 heavy (non-hydrogen) atoms. The Bertz CT molecular complexity index is 1090. The summed E-state index contributed by atoms with van der Waals surface area (Å²) < 4.78 is 16.1. The van der Waals surface area contributed by atoms with E-state index < -0.39 is 12.1 Å². The summed E-state index contributed by atoms with van der Waals surface area (Å²) in [6.45, 7) is 1.94. The molecule has 0 aliphatic carbocycles. The topological polar surface area (TPSA) is 108 Å². The van der Waals surface area contributed by atoms with Crippen LogP contribution in [0.15, 0.2) is 54.7 Å². The molecule has 8 heteroatoms. The van der Waals surface area contributed by atoms with Gasteiger partial charge in [0.2, 0.25) is 0 Å². The van der Waals surface area contributed by atoms with Crippen LogP contribution >= 0.6 is 0 Å². The molecular weight excluding hydrogens is 412 g/mol.